The Kier molecular flexibility index (Phi) is 7.14. The van der Waals surface area contributed by atoms with E-state index in [1.807, 2.05) is 36.4 Å². The molecule has 0 heterocycles. The van der Waals surface area contributed by atoms with Crippen molar-refractivity contribution in [3.05, 3.63) is 76.2 Å². The predicted molar refractivity (Wildman–Crippen MR) is 116 cm³/mol. The van der Waals surface area contributed by atoms with Crippen LogP contribution in [0.4, 0.5) is 0 Å². The Morgan fingerprint density at radius 2 is 1.77 bits per heavy atom. The van der Waals surface area contributed by atoms with Crippen molar-refractivity contribution in [2.24, 2.45) is 0 Å². The van der Waals surface area contributed by atoms with Crippen LogP contribution in [0.1, 0.15) is 24.8 Å². The van der Waals surface area contributed by atoms with Crippen LogP contribution >= 0.6 is 0 Å². The molecule has 0 aliphatic heterocycles. The van der Waals surface area contributed by atoms with E-state index in [2.05, 4.69) is 0 Å². The molecule has 0 saturated heterocycles. The maximum atomic E-state index is 13.5. The number of carbonyl (C=O) groups excluding carboxylic acids is 1. The second-order valence-corrected chi connectivity index (χ2v) is 8.91. The van der Waals surface area contributed by atoms with Gasteiger partial charge in [-0.05, 0) is 49.0 Å². The fourth-order valence-electron chi connectivity index (χ4n) is 3.65. The summed E-state index contributed by atoms with van der Waals surface area (Å²) in [5, 5.41) is 9.13. The molecule has 3 rings (SSSR count). The monoisotopic (exact) mass is 443 g/mol. The van der Waals surface area contributed by atoms with Gasteiger partial charge < -0.3 is 9.47 Å². The number of carbonyl (C=O) groups is 1. The Morgan fingerprint density at radius 3 is 2.42 bits per heavy atom. The summed E-state index contributed by atoms with van der Waals surface area (Å²) in [6, 6.07) is 14.2. The Balaban J connectivity index is 2.01. The van der Waals surface area contributed by atoms with E-state index in [9.17, 15) is 13.2 Å². The van der Waals surface area contributed by atoms with Gasteiger partial charge in [-0.2, -0.15) is 0 Å². The SMILES string of the molecule is COc1ccc(S(=O)(=O)C2=C(C(=O)NO)CCC2=CCCc2ccccc2)cc1OC. The molecular weight excluding hydrogens is 418 g/mol. The Bertz CT molecular complexity index is 1120. The van der Waals surface area contributed by atoms with Crippen LogP contribution in [0.5, 0.6) is 11.5 Å². The van der Waals surface area contributed by atoms with E-state index in [4.69, 9.17) is 14.7 Å². The van der Waals surface area contributed by atoms with Crippen molar-refractivity contribution in [3.8, 4) is 11.5 Å². The summed E-state index contributed by atoms with van der Waals surface area (Å²) in [5.41, 5.74) is 3.33. The molecule has 0 fully saturated rings. The third-order valence-corrected chi connectivity index (χ3v) is 7.11. The fraction of sp³-hybridized carbons (Fsp3) is 0.261. The molecule has 0 aromatic heterocycles. The van der Waals surface area contributed by atoms with Gasteiger partial charge in [-0.3, -0.25) is 10.0 Å². The van der Waals surface area contributed by atoms with Crippen molar-refractivity contribution >= 4 is 15.7 Å². The van der Waals surface area contributed by atoms with E-state index < -0.39 is 15.7 Å². The number of hydroxylamine groups is 1. The van der Waals surface area contributed by atoms with Crippen LogP contribution in [0.2, 0.25) is 0 Å². The maximum Gasteiger partial charge on any atom is 0.271 e. The number of benzene rings is 2. The first kappa shape index (κ1) is 22.6. The fourth-order valence-corrected chi connectivity index (χ4v) is 5.45. The van der Waals surface area contributed by atoms with E-state index >= 15 is 0 Å². The molecule has 0 unspecified atom stereocenters. The predicted octanol–water partition coefficient (Wildman–Crippen LogP) is 3.59. The number of hydrogen-bond donors (Lipinski definition) is 2. The highest BCUT2D eigenvalue weighted by atomic mass is 32.2. The molecule has 0 saturated carbocycles. The zero-order valence-corrected chi connectivity index (χ0v) is 18.2. The first-order chi connectivity index (χ1) is 14.9. The molecular formula is C23H25NO6S. The van der Waals surface area contributed by atoms with Crippen molar-refractivity contribution in [2.45, 2.75) is 30.6 Å². The Hall–Kier alpha value is -3.10. The molecule has 7 nitrogen and oxygen atoms in total. The Labute approximate surface area is 181 Å². The first-order valence-electron chi connectivity index (χ1n) is 9.80. The molecule has 0 radical (unpaired) electrons. The van der Waals surface area contributed by atoms with Crippen LogP contribution in [-0.2, 0) is 21.1 Å². The average molecular weight is 444 g/mol. The lowest BCUT2D eigenvalue weighted by Gasteiger charge is -2.13. The van der Waals surface area contributed by atoms with Crippen molar-refractivity contribution in [1.82, 2.24) is 5.48 Å². The van der Waals surface area contributed by atoms with Crippen LogP contribution < -0.4 is 15.0 Å². The number of ether oxygens (including phenoxy) is 2. The summed E-state index contributed by atoms with van der Waals surface area (Å²) in [7, 11) is -1.16. The molecule has 2 aromatic rings. The highest BCUT2D eigenvalue weighted by Crippen LogP contribution is 2.40. The van der Waals surface area contributed by atoms with Crippen LogP contribution in [0.15, 0.2) is 75.6 Å². The van der Waals surface area contributed by atoms with Crippen molar-refractivity contribution in [1.29, 1.82) is 0 Å². The molecule has 0 spiro atoms. The molecule has 31 heavy (non-hydrogen) atoms. The minimum Gasteiger partial charge on any atom is -0.493 e. The van der Waals surface area contributed by atoms with Gasteiger partial charge in [0.2, 0.25) is 9.84 Å². The highest BCUT2D eigenvalue weighted by molar-refractivity contribution is 7.95. The number of aryl methyl sites for hydroxylation is 1. The van der Waals surface area contributed by atoms with Gasteiger partial charge in [-0.25, -0.2) is 13.9 Å². The minimum atomic E-state index is -4.04. The van der Waals surface area contributed by atoms with Crippen LogP contribution in [0.25, 0.3) is 0 Å². The van der Waals surface area contributed by atoms with Gasteiger partial charge >= 0.3 is 0 Å². The summed E-state index contributed by atoms with van der Waals surface area (Å²) in [6.07, 6.45) is 3.86. The quantitative estimate of drug-likeness (QED) is 0.478. The first-order valence-corrected chi connectivity index (χ1v) is 11.3. The lowest BCUT2D eigenvalue weighted by molar-refractivity contribution is -0.125. The smallest absolute Gasteiger partial charge is 0.271 e. The standard InChI is InChI=1S/C23H25NO6S/c1-29-20-14-12-18(15-21(20)30-2)31(27,28)22-17(11-13-19(22)23(25)24-26)10-6-9-16-7-4-3-5-8-16/h3-5,7-8,10,12,14-15,26H,6,9,11,13H2,1-2H3,(H,24,25). The number of hydrogen-bond acceptors (Lipinski definition) is 6. The largest absolute Gasteiger partial charge is 0.493 e. The van der Waals surface area contributed by atoms with E-state index in [0.717, 1.165) is 12.0 Å². The number of amides is 1. The van der Waals surface area contributed by atoms with Gasteiger partial charge in [0.15, 0.2) is 11.5 Å². The second kappa shape index (κ2) is 9.80. The number of methoxy groups -OCH3 is 2. The summed E-state index contributed by atoms with van der Waals surface area (Å²) in [4.78, 5) is 12.1. The molecule has 1 aliphatic rings. The molecule has 2 aromatic carbocycles. The average Bonchev–Trinajstić information content (AvgIpc) is 3.23. The van der Waals surface area contributed by atoms with Gasteiger partial charge in [0.05, 0.1) is 24.0 Å². The summed E-state index contributed by atoms with van der Waals surface area (Å²) >= 11 is 0. The highest BCUT2D eigenvalue weighted by Gasteiger charge is 2.35. The Morgan fingerprint density at radius 1 is 1.06 bits per heavy atom. The van der Waals surface area contributed by atoms with E-state index in [-0.39, 0.29) is 27.5 Å². The summed E-state index contributed by atoms with van der Waals surface area (Å²) < 4.78 is 37.5. The van der Waals surface area contributed by atoms with Crippen LogP contribution in [0, 0.1) is 0 Å². The second-order valence-electron chi connectivity index (χ2n) is 7.02. The van der Waals surface area contributed by atoms with Crippen LogP contribution in [0.3, 0.4) is 0 Å². The maximum absolute atomic E-state index is 13.5. The van der Waals surface area contributed by atoms with Gasteiger partial charge in [0, 0.05) is 11.6 Å². The third kappa shape index (κ3) is 4.81. The molecule has 1 aliphatic carbocycles. The topological polar surface area (TPSA) is 102 Å². The molecule has 0 bridgehead atoms. The normalized spacial score (nSPS) is 15.3. The van der Waals surface area contributed by atoms with Crippen molar-refractivity contribution < 1.29 is 27.9 Å². The number of sulfone groups is 1. The van der Waals surface area contributed by atoms with Gasteiger partial charge in [0.25, 0.3) is 5.91 Å². The molecule has 8 heteroatoms. The van der Waals surface area contributed by atoms with Crippen molar-refractivity contribution in [3.63, 3.8) is 0 Å². The molecule has 0 atom stereocenters. The number of allylic oxidation sites excluding steroid dienone is 2. The molecule has 164 valence electrons. The lowest BCUT2D eigenvalue weighted by Crippen LogP contribution is -2.22. The van der Waals surface area contributed by atoms with E-state index in [0.29, 0.717) is 24.2 Å². The summed E-state index contributed by atoms with van der Waals surface area (Å²) in [5.74, 6) is -0.149. The van der Waals surface area contributed by atoms with Crippen LogP contribution in [-0.4, -0.2) is 33.8 Å². The molecule has 2 N–H and O–H groups in total. The zero-order valence-electron chi connectivity index (χ0n) is 17.4. The number of rotatable bonds is 8. The van der Waals surface area contributed by atoms with Gasteiger partial charge in [-0.1, -0.05) is 36.4 Å². The minimum absolute atomic E-state index is 0.0146. The lowest BCUT2D eigenvalue weighted by atomic mass is 10.1. The molecule has 1 amide bonds. The zero-order chi connectivity index (χ0) is 22.4. The van der Waals surface area contributed by atoms with E-state index in [1.165, 1.54) is 32.4 Å². The van der Waals surface area contributed by atoms with Gasteiger partial charge in [0.1, 0.15) is 0 Å². The van der Waals surface area contributed by atoms with Gasteiger partial charge in [-0.15, -0.1) is 0 Å². The summed E-state index contributed by atoms with van der Waals surface area (Å²) in [6.45, 7) is 0. The third-order valence-electron chi connectivity index (χ3n) is 5.19. The van der Waals surface area contributed by atoms with Crippen molar-refractivity contribution in [2.75, 3.05) is 14.2 Å². The van der Waals surface area contributed by atoms with E-state index in [1.54, 1.807) is 5.48 Å². The number of nitrogens with one attached hydrogen (secondary N) is 1.